The molecule has 130 valence electrons. The summed E-state index contributed by atoms with van der Waals surface area (Å²) in [6.45, 7) is 2.32. The zero-order valence-corrected chi connectivity index (χ0v) is 13.4. The molecule has 0 saturated carbocycles. The maximum Gasteiger partial charge on any atom is 0.303 e. The number of aliphatic hydroxyl groups is 2. The topological polar surface area (TPSA) is 96.2 Å². The summed E-state index contributed by atoms with van der Waals surface area (Å²) >= 11 is 0. The summed E-state index contributed by atoms with van der Waals surface area (Å²) in [6, 6.07) is 0. The average molecular weight is 318 g/mol. The number of unbranched alkanes of at least 4 members (excludes halogenated alkanes) is 6. The largest absolute Gasteiger partial charge is 0.481 e. The molecular formula is C16H30O6. The molecule has 0 aromatic carbocycles. The van der Waals surface area contributed by atoms with Crippen LogP contribution in [0.2, 0.25) is 0 Å². The van der Waals surface area contributed by atoms with E-state index in [0.717, 1.165) is 44.9 Å². The smallest absolute Gasteiger partial charge is 0.303 e. The van der Waals surface area contributed by atoms with E-state index in [-0.39, 0.29) is 12.5 Å². The van der Waals surface area contributed by atoms with Gasteiger partial charge < -0.3 is 24.8 Å². The fourth-order valence-corrected chi connectivity index (χ4v) is 2.56. The third-order valence-electron chi connectivity index (χ3n) is 4.00. The number of ether oxygens (including phenoxy) is 2. The van der Waals surface area contributed by atoms with Gasteiger partial charge in [0.15, 0.2) is 6.29 Å². The molecule has 1 saturated heterocycles. The number of aliphatic hydroxyl groups excluding tert-OH is 2. The van der Waals surface area contributed by atoms with Crippen LogP contribution in [-0.4, -0.2) is 52.5 Å². The number of hydrogen-bond donors (Lipinski definition) is 3. The van der Waals surface area contributed by atoms with Crippen LogP contribution in [0.25, 0.3) is 0 Å². The highest BCUT2D eigenvalue weighted by atomic mass is 16.7. The van der Waals surface area contributed by atoms with Crippen molar-refractivity contribution in [3.63, 3.8) is 0 Å². The Balaban J connectivity index is 1.92. The molecule has 0 aliphatic carbocycles. The molecule has 1 rings (SSSR count). The quantitative estimate of drug-likeness (QED) is 0.505. The minimum Gasteiger partial charge on any atom is -0.481 e. The van der Waals surface area contributed by atoms with Gasteiger partial charge in [0.1, 0.15) is 6.10 Å². The summed E-state index contributed by atoms with van der Waals surface area (Å²) in [7, 11) is 0. The Kier molecular flexibility index (Phi) is 9.63. The first-order valence-electron chi connectivity index (χ1n) is 8.35. The SMILES string of the molecule is CC1O[C@@H](OCCCCCCCCCC(=O)O)C(O)C[C@H]1O. The van der Waals surface area contributed by atoms with E-state index in [1.807, 2.05) is 0 Å². The van der Waals surface area contributed by atoms with Gasteiger partial charge in [0, 0.05) is 19.4 Å². The Labute approximate surface area is 132 Å². The molecule has 6 heteroatoms. The molecule has 1 aliphatic rings. The highest BCUT2D eigenvalue weighted by molar-refractivity contribution is 5.66. The first-order chi connectivity index (χ1) is 10.5. The first kappa shape index (κ1) is 19.4. The molecule has 0 radical (unpaired) electrons. The highest BCUT2D eigenvalue weighted by Crippen LogP contribution is 2.21. The van der Waals surface area contributed by atoms with Gasteiger partial charge in [-0.25, -0.2) is 0 Å². The van der Waals surface area contributed by atoms with Crippen molar-refractivity contribution in [1.29, 1.82) is 0 Å². The molecular weight excluding hydrogens is 288 g/mol. The maximum atomic E-state index is 10.3. The standard InChI is InChI=1S/C16H30O6/c1-12-13(17)11-14(18)16(22-12)21-10-8-6-4-2-3-5-7-9-15(19)20/h12-14,16-18H,2-11H2,1H3,(H,19,20)/t12?,13-,14?,16-/m1/s1. The molecule has 0 amide bonds. The van der Waals surface area contributed by atoms with Crippen LogP contribution in [0.5, 0.6) is 0 Å². The van der Waals surface area contributed by atoms with Crippen LogP contribution in [0, 0.1) is 0 Å². The van der Waals surface area contributed by atoms with Crippen molar-refractivity contribution < 1.29 is 29.6 Å². The van der Waals surface area contributed by atoms with Crippen LogP contribution in [0.1, 0.15) is 64.7 Å². The van der Waals surface area contributed by atoms with E-state index in [9.17, 15) is 15.0 Å². The Morgan fingerprint density at radius 2 is 1.64 bits per heavy atom. The molecule has 0 bridgehead atoms. The zero-order chi connectivity index (χ0) is 16.4. The van der Waals surface area contributed by atoms with Gasteiger partial charge in [-0.15, -0.1) is 0 Å². The van der Waals surface area contributed by atoms with Crippen molar-refractivity contribution in [3.8, 4) is 0 Å². The van der Waals surface area contributed by atoms with Crippen molar-refractivity contribution in [2.75, 3.05) is 6.61 Å². The van der Waals surface area contributed by atoms with E-state index >= 15 is 0 Å². The van der Waals surface area contributed by atoms with Gasteiger partial charge in [-0.1, -0.05) is 32.1 Å². The Morgan fingerprint density at radius 3 is 2.27 bits per heavy atom. The molecule has 6 nitrogen and oxygen atoms in total. The number of aliphatic carboxylic acids is 1. The van der Waals surface area contributed by atoms with Crippen LogP contribution in [0.4, 0.5) is 0 Å². The van der Waals surface area contributed by atoms with Gasteiger partial charge in [0.05, 0.1) is 12.2 Å². The highest BCUT2D eigenvalue weighted by Gasteiger charge is 2.34. The molecule has 0 aromatic rings. The molecule has 1 fully saturated rings. The van der Waals surface area contributed by atoms with Gasteiger partial charge >= 0.3 is 5.97 Å². The fraction of sp³-hybridized carbons (Fsp3) is 0.938. The van der Waals surface area contributed by atoms with Crippen LogP contribution in [-0.2, 0) is 14.3 Å². The van der Waals surface area contributed by atoms with Gasteiger partial charge in [-0.2, -0.15) is 0 Å². The molecule has 4 atom stereocenters. The molecule has 0 spiro atoms. The van der Waals surface area contributed by atoms with E-state index in [4.69, 9.17) is 14.6 Å². The fourth-order valence-electron chi connectivity index (χ4n) is 2.56. The Morgan fingerprint density at radius 1 is 1.05 bits per heavy atom. The second-order valence-electron chi connectivity index (χ2n) is 6.07. The number of carboxylic acid groups (broad SMARTS) is 1. The summed E-state index contributed by atoms with van der Waals surface area (Å²) in [6.07, 6.45) is 5.25. The first-order valence-corrected chi connectivity index (χ1v) is 8.35. The lowest BCUT2D eigenvalue weighted by molar-refractivity contribution is -0.261. The molecule has 0 aromatic heterocycles. The summed E-state index contributed by atoms with van der Waals surface area (Å²) in [5.41, 5.74) is 0. The number of rotatable bonds is 11. The summed E-state index contributed by atoms with van der Waals surface area (Å²) in [5, 5.41) is 27.8. The minimum absolute atomic E-state index is 0.269. The minimum atomic E-state index is -0.763. The normalized spacial score (nSPS) is 28.7. The van der Waals surface area contributed by atoms with Gasteiger partial charge in [0.2, 0.25) is 0 Å². The number of carboxylic acids is 1. The number of hydrogen-bond acceptors (Lipinski definition) is 5. The lowest BCUT2D eigenvalue weighted by Gasteiger charge is -2.35. The zero-order valence-electron chi connectivity index (χ0n) is 13.4. The van der Waals surface area contributed by atoms with Crippen LogP contribution < -0.4 is 0 Å². The van der Waals surface area contributed by atoms with Crippen molar-refractivity contribution in [2.45, 2.75) is 89.3 Å². The predicted molar refractivity (Wildman–Crippen MR) is 81.5 cm³/mol. The van der Waals surface area contributed by atoms with Crippen LogP contribution in [0.3, 0.4) is 0 Å². The predicted octanol–water partition coefficient (Wildman–Crippen LogP) is 2.07. The van der Waals surface area contributed by atoms with E-state index < -0.39 is 24.5 Å². The van der Waals surface area contributed by atoms with Crippen molar-refractivity contribution >= 4 is 5.97 Å². The molecule has 2 unspecified atom stereocenters. The van der Waals surface area contributed by atoms with Crippen molar-refractivity contribution in [3.05, 3.63) is 0 Å². The lowest BCUT2D eigenvalue weighted by atomic mass is 10.0. The second kappa shape index (κ2) is 10.9. The Hall–Kier alpha value is -0.690. The van der Waals surface area contributed by atoms with Gasteiger partial charge in [0.25, 0.3) is 0 Å². The molecule has 1 heterocycles. The lowest BCUT2D eigenvalue weighted by Crippen LogP contribution is -2.47. The second-order valence-corrected chi connectivity index (χ2v) is 6.07. The van der Waals surface area contributed by atoms with Crippen LogP contribution >= 0.6 is 0 Å². The van der Waals surface area contributed by atoms with Gasteiger partial charge in [-0.3, -0.25) is 4.79 Å². The maximum absolute atomic E-state index is 10.3. The molecule has 3 N–H and O–H groups in total. The third-order valence-corrected chi connectivity index (χ3v) is 4.00. The summed E-state index contributed by atoms with van der Waals surface area (Å²) in [4.78, 5) is 10.3. The van der Waals surface area contributed by atoms with Gasteiger partial charge in [-0.05, 0) is 19.8 Å². The van der Waals surface area contributed by atoms with E-state index in [2.05, 4.69) is 0 Å². The number of carbonyl (C=O) groups is 1. The van der Waals surface area contributed by atoms with E-state index in [1.54, 1.807) is 6.92 Å². The third kappa shape index (κ3) is 8.08. The summed E-state index contributed by atoms with van der Waals surface area (Å²) < 4.78 is 11.0. The van der Waals surface area contributed by atoms with E-state index in [1.165, 1.54) is 0 Å². The average Bonchev–Trinajstić information content (AvgIpc) is 2.45. The molecule has 22 heavy (non-hydrogen) atoms. The Bertz CT molecular complexity index is 309. The van der Waals surface area contributed by atoms with Crippen molar-refractivity contribution in [2.24, 2.45) is 0 Å². The molecule has 1 aliphatic heterocycles. The van der Waals surface area contributed by atoms with E-state index in [0.29, 0.717) is 13.0 Å². The van der Waals surface area contributed by atoms with Crippen molar-refractivity contribution in [1.82, 2.24) is 0 Å². The summed E-state index contributed by atoms with van der Waals surface area (Å²) in [5.74, 6) is -0.717. The van der Waals surface area contributed by atoms with Crippen LogP contribution in [0.15, 0.2) is 0 Å². The monoisotopic (exact) mass is 318 g/mol.